The third kappa shape index (κ3) is 3.72. The van der Waals surface area contributed by atoms with E-state index < -0.39 is 0 Å². The number of nitrogens with one attached hydrogen (secondary N) is 2. The number of ether oxygens (including phenoxy) is 1. The monoisotopic (exact) mass is 392 g/mol. The van der Waals surface area contributed by atoms with Crippen molar-refractivity contribution in [2.75, 3.05) is 12.4 Å². The van der Waals surface area contributed by atoms with Gasteiger partial charge < -0.3 is 15.0 Å². The molecule has 3 aromatic heterocycles. The number of fused-ring (bicyclic) bond motifs is 1. The van der Waals surface area contributed by atoms with Gasteiger partial charge in [-0.25, -0.2) is 9.97 Å². The zero-order valence-corrected chi connectivity index (χ0v) is 16.4. The number of pyridine rings is 2. The van der Waals surface area contributed by atoms with E-state index in [9.17, 15) is 0 Å². The molecule has 0 amide bonds. The molecule has 0 spiro atoms. The van der Waals surface area contributed by atoms with Crippen LogP contribution in [0.2, 0.25) is 5.15 Å². The second kappa shape index (κ2) is 8.00. The first-order valence-corrected chi connectivity index (χ1v) is 9.48. The number of aromatic nitrogens is 3. The molecule has 3 heterocycles. The normalized spacial score (nSPS) is 13.4. The number of hydrogen-bond donors (Lipinski definition) is 2. The van der Waals surface area contributed by atoms with Crippen LogP contribution in [0.5, 0.6) is 0 Å². The Morgan fingerprint density at radius 2 is 1.93 bits per heavy atom. The van der Waals surface area contributed by atoms with E-state index in [1.807, 2.05) is 48.7 Å². The average molecular weight is 393 g/mol. The summed E-state index contributed by atoms with van der Waals surface area (Å²) in [4.78, 5) is 12.0. The van der Waals surface area contributed by atoms with E-state index in [2.05, 4.69) is 39.3 Å². The standard InChI is InChI=1S/C22H21ClN4O/c1-14(21(28-2)15-7-4-3-5-8-15)26-20-12-16(11-19(23)27-20)18-13-25-22-17(18)9-6-10-24-22/h3-14,21H,1-2H3,(H,24,25)(H,26,27). The van der Waals surface area contributed by atoms with E-state index in [4.69, 9.17) is 16.3 Å². The second-order valence-electron chi connectivity index (χ2n) is 6.67. The van der Waals surface area contributed by atoms with Crippen LogP contribution in [0.25, 0.3) is 22.2 Å². The van der Waals surface area contributed by atoms with Crippen molar-refractivity contribution in [3.05, 3.63) is 77.7 Å². The summed E-state index contributed by atoms with van der Waals surface area (Å²) < 4.78 is 5.72. The van der Waals surface area contributed by atoms with Crippen molar-refractivity contribution in [2.45, 2.75) is 19.1 Å². The summed E-state index contributed by atoms with van der Waals surface area (Å²) in [7, 11) is 1.71. The highest BCUT2D eigenvalue weighted by Gasteiger charge is 2.19. The molecular formula is C22H21ClN4O. The average Bonchev–Trinajstić information content (AvgIpc) is 3.13. The third-order valence-electron chi connectivity index (χ3n) is 4.77. The molecule has 6 heteroatoms. The largest absolute Gasteiger partial charge is 0.375 e. The maximum absolute atomic E-state index is 6.32. The van der Waals surface area contributed by atoms with Gasteiger partial charge in [-0.05, 0) is 42.3 Å². The van der Waals surface area contributed by atoms with Gasteiger partial charge in [-0.3, -0.25) is 0 Å². The van der Waals surface area contributed by atoms with Crippen molar-refractivity contribution in [1.29, 1.82) is 0 Å². The summed E-state index contributed by atoms with van der Waals surface area (Å²) in [5, 5.41) is 4.91. The van der Waals surface area contributed by atoms with Crippen LogP contribution < -0.4 is 5.32 Å². The molecule has 2 N–H and O–H groups in total. The van der Waals surface area contributed by atoms with Gasteiger partial charge in [0, 0.05) is 30.5 Å². The number of methoxy groups -OCH3 is 1. The molecule has 0 bridgehead atoms. The molecular weight excluding hydrogens is 372 g/mol. The zero-order chi connectivity index (χ0) is 19.5. The van der Waals surface area contributed by atoms with Crippen LogP contribution in [0.3, 0.4) is 0 Å². The summed E-state index contributed by atoms with van der Waals surface area (Å²) in [6.45, 7) is 2.07. The summed E-state index contributed by atoms with van der Waals surface area (Å²) in [6, 6.07) is 17.9. The summed E-state index contributed by atoms with van der Waals surface area (Å²) in [6.07, 6.45) is 3.60. The highest BCUT2D eigenvalue weighted by Crippen LogP contribution is 2.31. The van der Waals surface area contributed by atoms with Gasteiger partial charge in [-0.15, -0.1) is 0 Å². The van der Waals surface area contributed by atoms with Crippen LogP contribution in [0.4, 0.5) is 5.82 Å². The van der Waals surface area contributed by atoms with Gasteiger partial charge in [-0.2, -0.15) is 0 Å². The number of hydrogen-bond acceptors (Lipinski definition) is 4. The number of anilines is 1. The molecule has 0 aliphatic rings. The first kappa shape index (κ1) is 18.5. The number of rotatable bonds is 6. The minimum atomic E-state index is -0.109. The molecule has 0 radical (unpaired) electrons. The molecule has 0 aliphatic heterocycles. The van der Waals surface area contributed by atoms with Crippen LogP contribution in [0.1, 0.15) is 18.6 Å². The zero-order valence-electron chi connectivity index (χ0n) is 15.7. The smallest absolute Gasteiger partial charge is 0.137 e. The van der Waals surface area contributed by atoms with Crippen LogP contribution in [0.15, 0.2) is 67.0 Å². The van der Waals surface area contributed by atoms with Gasteiger partial charge in [0.05, 0.1) is 6.04 Å². The molecule has 5 nitrogen and oxygen atoms in total. The van der Waals surface area contributed by atoms with Gasteiger partial charge in [0.15, 0.2) is 0 Å². The Kier molecular flexibility index (Phi) is 5.28. The van der Waals surface area contributed by atoms with Gasteiger partial charge in [0.25, 0.3) is 0 Å². The second-order valence-corrected chi connectivity index (χ2v) is 7.05. The predicted octanol–water partition coefficient (Wildman–Crippen LogP) is 5.47. The van der Waals surface area contributed by atoms with Crippen LogP contribution in [0, 0.1) is 0 Å². The molecule has 2 unspecified atom stereocenters. The lowest BCUT2D eigenvalue weighted by atomic mass is 10.0. The fourth-order valence-electron chi connectivity index (χ4n) is 3.50. The molecule has 4 aromatic rings. The molecule has 0 fully saturated rings. The number of nitrogens with zero attached hydrogens (tertiary/aromatic N) is 2. The molecule has 0 saturated heterocycles. The Bertz CT molecular complexity index is 1080. The van der Waals surface area contributed by atoms with Crippen molar-refractivity contribution >= 4 is 28.5 Å². The minimum Gasteiger partial charge on any atom is -0.375 e. The quantitative estimate of drug-likeness (QED) is 0.427. The fourth-order valence-corrected chi connectivity index (χ4v) is 3.71. The van der Waals surface area contributed by atoms with E-state index >= 15 is 0 Å². The first-order valence-electron chi connectivity index (χ1n) is 9.10. The number of H-pyrrole nitrogens is 1. The Labute approximate surface area is 168 Å². The van der Waals surface area contributed by atoms with Crippen molar-refractivity contribution in [3.63, 3.8) is 0 Å². The highest BCUT2D eigenvalue weighted by atomic mass is 35.5. The molecule has 142 valence electrons. The van der Waals surface area contributed by atoms with Crippen LogP contribution in [-0.2, 0) is 4.74 Å². The number of aromatic amines is 1. The lowest BCUT2D eigenvalue weighted by Gasteiger charge is -2.25. The summed E-state index contributed by atoms with van der Waals surface area (Å²) >= 11 is 6.32. The summed E-state index contributed by atoms with van der Waals surface area (Å²) in [5.74, 6) is 0.700. The lowest BCUT2D eigenvalue weighted by molar-refractivity contribution is 0.0907. The molecule has 28 heavy (non-hydrogen) atoms. The number of halogens is 1. The Morgan fingerprint density at radius 1 is 1.11 bits per heavy atom. The lowest BCUT2D eigenvalue weighted by Crippen LogP contribution is -2.26. The molecule has 4 rings (SSSR count). The minimum absolute atomic E-state index is 0.00384. The Morgan fingerprint density at radius 3 is 2.71 bits per heavy atom. The first-order chi connectivity index (χ1) is 13.7. The van der Waals surface area contributed by atoms with E-state index in [-0.39, 0.29) is 12.1 Å². The fraction of sp³-hybridized carbons (Fsp3) is 0.182. The Hall–Kier alpha value is -2.89. The molecule has 0 aliphatic carbocycles. The van der Waals surface area contributed by atoms with Crippen molar-refractivity contribution in [1.82, 2.24) is 15.0 Å². The van der Waals surface area contributed by atoms with E-state index in [0.29, 0.717) is 11.0 Å². The predicted molar refractivity (Wildman–Crippen MR) is 114 cm³/mol. The molecule has 1 aromatic carbocycles. The van der Waals surface area contributed by atoms with E-state index in [1.165, 1.54) is 0 Å². The third-order valence-corrected chi connectivity index (χ3v) is 4.96. The summed E-state index contributed by atoms with van der Waals surface area (Å²) in [5.41, 5.74) is 3.96. The van der Waals surface area contributed by atoms with Crippen molar-refractivity contribution in [3.8, 4) is 11.1 Å². The van der Waals surface area contributed by atoms with Gasteiger partial charge in [0.2, 0.25) is 0 Å². The molecule has 0 saturated carbocycles. The SMILES string of the molecule is COC(c1ccccc1)C(C)Nc1cc(-c2c[nH]c3ncccc23)cc(Cl)n1. The topological polar surface area (TPSA) is 62.8 Å². The van der Waals surface area contributed by atoms with Crippen LogP contribution >= 0.6 is 11.6 Å². The van der Waals surface area contributed by atoms with Gasteiger partial charge in [-0.1, -0.05) is 41.9 Å². The maximum Gasteiger partial charge on any atom is 0.137 e. The Balaban J connectivity index is 1.64. The van der Waals surface area contributed by atoms with Gasteiger partial charge in [0.1, 0.15) is 22.7 Å². The van der Waals surface area contributed by atoms with E-state index in [0.717, 1.165) is 27.7 Å². The van der Waals surface area contributed by atoms with E-state index in [1.54, 1.807) is 13.3 Å². The van der Waals surface area contributed by atoms with Crippen molar-refractivity contribution < 1.29 is 4.74 Å². The maximum atomic E-state index is 6.32. The highest BCUT2D eigenvalue weighted by molar-refractivity contribution is 6.29. The number of benzene rings is 1. The molecule has 2 atom stereocenters. The van der Waals surface area contributed by atoms with Crippen molar-refractivity contribution in [2.24, 2.45) is 0 Å². The van der Waals surface area contributed by atoms with Crippen LogP contribution in [-0.4, -0.2) is 28.1 Å². The van der Waals surface area contributed by atoms with Gasteiger partial charge >= 0.3 is 0 Å².